The van der Waals surface area contributed by atoms with Crippen LogP contribution in [0.1, 0.15) is 45.1 Å². The normalized spacial score (nSPS) is 23.0. The highest BCUT2D eigenvalue weighted by atomic mass is 19.1. The summed E-state index contributed by atoms with van der Waals surface area (Å²) in [6.45, 7) is 2.23. The van der Waals surface area contributed by atoms with E-state index in [-0.39, 0.29) is 11.9 Å². The molecule has 112 valence electrons. The van der Waals surface area contributed by atoms with Crippen LogP contribution in [0, 0.1) is 11.7 Å². The van der Waals surface area contributed by atoms with Crippen LogP contribution >= 0.6 is 0 Å². The molecule has 3 rings (SSSR count). The van der Waals surface area contributed by atoms with E-state index in [2.05, 4.69) is 22.4 Å². The Morgan fingerprint density at radius 2 is 2.05 bits per heavy atom. The lowest BCUT2D eigenvalue weighted by atomic mass is 9.97. The SMILES string of the molecule is CC1CCCCCC1n1nnnc1-c1cc(F)ccc1N. The molecule has 0 aliphatic heterocycles. The van der Waals surface area contributed by atoms with Gasteiger partial charge in [-0.15, -0.1) is 5.10 Å². The molecule has 1 heterocycles. The van der Waals surface area contributed by atoms with Crippen molar-refractivity contribution >= 4 is 5.69 Å². The Bertz CT molecular complexity index is 624. The predicted molar refractivity (Wildman–Crippen MR) is 78.9 cm³/mol. The van der Waals surface area contributed by atoms with E-state index >= 15 is 0 Å². The molecule has 2 atom stereocenters. The summed E-state index contributed by atoms with van der Waals surface area (Å²) in [6.07, 6.45) is 5.89. The first-order valence-electron chi connectivity index (χ1n) is 7.50. The number of aromatic nitrogens is 4. The van der Waals surface area contributed by atoms with Gasteiger partial charge in [-0.2, -0.15) is 0 Å². The van der Waals surface area contributed by atoms with Crippen LogP contribution in [0.25, 0.3) is 11.4 Å². The van der Waals surface area contributed by atoms with Crippen LogP contribution in [0.5, 0.6) is 0 Å². The van der Waals surface area contributed by atoms with E-state index in [4.69, 9.17) is 5.73 Å². The molecule has 0 spiro atoms. The lowest BCUT2D eigenvalue weighted by molar-refractivity contribution is 0.306. The Morgan fingerprint density at radius 3 is 2.90 bits per heavy atom. The zero-order valence-electron chi connectivity index (χ0n) is 12.2. The Balaban J connectivity index is 2.02. The largest absolute Gasteiger partial charge is 0.398 e. The Kier molecular flexibility index (Phi) is 3.86. The molecule has 1 aromatic carbocycles. The molecule has 1 saturated carbocycles. The average Bonchev–Trinajstić information content (AvgIpc) is 2.84. The quantitative estimate of drug-likeness (QED) is 0.681. The highest BCUT2D eigenvalue weighted by molar-refractivity contribution is 5.71. The van der Waals surface area contributed by atoms with E-state index in [1.165, 1.54) is 37.8 Å². The third-order valence-corrected chi connectivity index (χ3v) is 4.38. The van der Waals surface area contributed by atoms with Crippen LogP contribution in [0.15, 0.2) is 18.2 Å². The summed E-state index contributed by atoms with van der Waals surface area (Å²) in [7, 11) is 0. The number of anilines is 1. The maximum absolute atomic E-state index is 13.5. The van der Waals surface area contributed by atoms with Gasteiger partial charge in [-0.1, -0.05) is 26.2 Å². The maximum atomic E-state index is 13.5. The van der Waals surface area contributed by atoms with Gasteiger partial charge in [0.15, 0.2) is 5.82 Å². The van der Waals surface area contributed by atoms with Crippen LogP contribution in [-0.2, 0) is 0 Å². The van der Waals surface area contributed by atoms with Gasteiger partial charge in [0, 0.05) is 11.3 Å². The number of nitrogens with two attached hydrogens (primary N) is 1. The minimum atomic E-state index is -0.331. The van der Waals surface area contributed by atoms with Gasteiger partial charge in [0.25, 0.3) is 0 Å². The van der Waals surface area contributed by atoms with E-state index in [1.807, 2.05) is 4.68 Å². The van der Waals surface area contributed by atoms with Gasteiger partial charge >= 0.3 is 0 Å². The lowest BCUT2D eigenvalue weighted by Crippen LogP contribution is -2.19. The number of rotatable bonds is 2. The second kappa shape index (κ2) is 5.79. The summed E-state index contributed by atoms with van der Waals surface area (Å²) in [5, 5.41) is 12.0. The molecule has 2 aromatic rings. The molecule has 6 heteroatoms. The second-order valence-electron chi connectivity index (χ2n) is 5.86. The van der Waals surface area contributed by atoms with Crippen LogP contribution in [0.2, 0.25) is 0 Å². The molecule has 2 N–H and O–H groups in total. The summed E-state index contributed by atoms with van der Waals surface area (Å²) in [4.78, 5) is 0. The number of tetrazole rings is 1. The Morgan fingerprint density at radius 1 is 1.24 bits per heavy atom. The van der Waals surface area contributed by atoms with E-state index in [9.17, 15) is 4.39 Å². The van der Waals surface area contributed by atoms with E-state index in [0.29, 0.717) is 23.0 Å². The highest BCUT2D eigenvalue weighted by Gasteiger charge is 2.26. The fraction of sp³-hybridized carbons (Fsp3) is 0.533. The van der Waals surface area contributed by atoms with Crippen LogP contribution in [0.3, 0.4) is 0 Å². The number of halogens is 1. The fourth-order valence-corrected chi connectivity index (χ4v) is 3.15. The molecule has 1 fully saturated rings. The number of hydrogen-bond acceptors (Lipinski definition) is 4. The van der Waals surface area contributed by atoms with E-state index in [1.54, 1.807) is 6.07 Å². The van der Waals surface area contributed by atoms with Gasteiger partial charge < -0.3 is 5.73 Å². The van der Waals surface area contributed by atoms with Crippen molar-refractivity contribution in [2.24, 2.45) is 5.92 Å². The summed E-state index contributed by atoms with van der Waals surface area (Å²) in [5.41, 5.74) is 7.03. The lowest BCUT2D eigenvalue weighted by Gasteiger charge is -2.22. The first-order valence-corrected chi connectivity index (χ1v) is 7.50. The van der Waals surface area contributed by atoms with E-state index in [0.717, 1.165) is 6.42 Å². The third-order valence-electron chi connectivity index (χ3n) is 4.38. The van der Waals surface area contributed by atoms with Crippen molar-refractivity contribution < 1.29 is 4.39 Å². The molecule has 1 aliphatic rings. The van der Waals surface area contributed by atoms with Crippen molar-refractivity contribution in [2.75, 3.05) is 5.73 Å². The number of nitrogens with zero attached hydrogens (tertiary/aromatic N) is 4. The molecule has 0 saturated heterocycles. The molecule has 0 amide bonds. The molecular formula is C15H20FN5. The topological polar surface area (TPSA) is 69.6 Å². The van der Waals surface area contributed by atoms with Crippen molar-refractivity contribution in [1.29, 1.82) is 0 Å². The van der Waals surface area contributed by atoms with Crippen molar-refractivity contribution in [2.45, 2.75) is 45.1 Å². The van der Waals surface area contributed by atoms with E-state index < -0.39 is 0 Å². The standard InChI is InChI=1S/C15H20FN5/c1-10-5-3-2-4-6-14(10)21-15(18-19-20-21)12-9-11(16)7-8-13(12)17/h7-10,14H,2-6,17H2,1H3. The molecular weight excluding hydrogens is 269 g/mol. The fourth-order valence-electron chi connectivity index (χ4n) is 3.15. The first-order chi connectivity index (χ1) is 10.2. The average molecular weight is 289 g/mol. The van der Waals surface area contributed by atoms with Gasteiger partial charge in [-0.3, -0.25) is 0 Å². The summed E-state index contributed by atoms with van der Waals surface area (Å²) < 4.78 is 15.4. The third kappa shape index (κ3) is 2.75. The highest BCUT2D eigenvalue weighted by Crippen LogP contribution is 2.35. The molecule has 1 aromatic heterocycles. The van der Waals surface area contributed by atoms with Crippen LogP contribution in [0.4, 0.5) is 10.1 Å². The molecule has 21 heavy (non-hydrogen) atoms. The van der Waals surface area contributed by atoms with Gasteiger partial charge in [-0.05, 0) is 47.4 Å². The Labute approximate surface area is 123 Å². The predicted octanol–water partition coefficient (Wildman–Crippen LogP) is 3.20. The maximum Gasteiger partial charge on any atom is 0.184 e. The smallest absolute Gasteiger partial charge is 0.184 e. The second-order valence-corrected chi connectivity index (χ2v) is 5.86. The monoisotopic (exact) mass is 289 g/mol. The minimum Gasteiger partial charge on any atom is -0.398 e. The molecule has 5 nitrogen and oxygen atoms in total. The van der Waals surface area contributed by atoms with Crippen LogP contribution < -0.4 is 5.73 Å². The molecule has 2 unspecified atom stereocenters. The van der Waals surface area contributed by atoms with Gasteiger partial charge in [-0.25, -0.2) is 9.07 Å². The minimum absolute atomic E-state index is 0.250. The Hall–Kier alpha value is -1.98. The summed E-state index contributed by atoms with van der Waals surface area (Å²) in [5.74, 6) is 0.734. The number of nitrogen functional groups attached to an aromatic ring is 1. The first kappa shape index (κ1) is 14.0. The number of hydrogen-bond donors (Lipinski definition) is 1. The van der Waals surface area contributed by atoms with Gasteiger partial charge in [0.05, 0.1) is 6.04 Å². The van der Waals surface area contributed by atoms with Gasteiger partial charge in [0.2, 0.25) is 0 Å². The van der Waals surface area contributed by atoms with Crippen LogP contribution in [-0.4, -0.2) is 20.2 Å². The molecule has 1 aliphatic carbocycles. The summed E-state index contributed by atoms with van der Waals surface area (Å²) in [6, 6.07) is 4.56. The number of benzene rings is 1. The summed E-state index contributed by atoms with van der Waals surface area (Å²) >= 11 is 0. The zero-order chi connectivity index (χ0) is 14.8. The van der Waals surface area contributed by atoms with Crippen molar-refractivity contribution in [3.05, 3.63) is 24.0 Å². The molecule has 0 radical (unpaired) electrons. The van der Waals surface area contributed by atoms with Gasteiger partial charge in [0.1, 0.15) is 5.82 Å². The molecule has 0 bridgehead atoms. The zero-order valence-corrected chi connectivity index (χ0v) is 12.2. The van der Waals surface area contributed by atoms with Crippen molar-refractivity contribution in [3.8, 4) is 11.4 Å². The van der Waals surface area contributed by atoms with Crippen molar-refractivity contribution in [1.82, 2.24) is 20.2 Å². The van der Waals surface area contributed by atoms with Crippen molar-refractivity contribution in [3.63, 3.8) is 0 Å².